The number of imidazole rings is 1. The number of hydrogen-bond donors (Lipinski definition) is 0. The number of halogens is 1. The van der Waals surface area contributed by atoms with E-state index >= 15 is 0 Å². The molecule has 0 aliphatic heterocycles. The Labute approximate surface area is 123 Å². The zero-order valence-corrected chi connectivity index (χ0v) is 12.1. The van der Waals surface area contributed by atoms with Crippen molar-refractivity contribution in [3.05, 3.63) is 53.6 Å². The summed E-state index contributed by atoms with van der Waals surface area (Å²) in [6, 6.07) is 7.72. The highest BCUT2D eigenvalue weighted by Gasteiger charge is 2.13. The smallest absolute Gasteiger partial charge is 0.302 e. The number of nitrogens with zero attached hydrogens (tertiary/aromatic N) is 2. The van der Waals surface area contributed by atoms with Crippen molar-refractivity contribution in [2.45, 2.75) is 32.4 Å². The lowest BCUT2D eigenvalue weighted by molar-refractivity contribution is -0.147. The third-order valence-corrected chi connectivity index (χ3v) is 3.23. The van der Waals surface area contributed by atoms with Crippen molar-refractivity contribution < 1.29 is 9.53 Å². The summed E-state index contributed by atoms with van der Waals surface area (Å²) in [5, 5.41) is 0.726. The predicted molar refractivity (Wildman–Crippen MR) is 77.6 cm³/mol. The zero-order chi connectivity index (χ0) is 14.4. The maximum Gasteiger partial charge on any atom is 0.302 e. The molecule has 4 nitrogen and oxygen atoms in total. The summed E-state index contributed by atoms with van der Waals surface area (Å²) in [6.45, 7) is 2.05. The van der Waals surface area contributed by atoms with Gasteiger partial charge in [-0.05, 0) is 30.5 Å². The van der Waals surface area contributed by atoms with Gasteiger partial charge in [0.15, 0.2) is 0 Å². The molecule has 2 rings (SSSR count). The summed E-state index contributed by atoms with van der Waals surface area (Å²) in [5.74, 6) is -0.258. The third-order valence-electron chi connectivity index (χ3n) is 2.97. The van der Waals surface area contributed by atoms with Gasteiger partial charge in [-0.1, -0.05) is 23.7 Å². The molecule has 1 heterocycles. The van der Waals surface area contributed by atoms with Gasteiger partial charge in [-0.3, -0.25) is 4.79 Å². The van der Waals surface area contributed by atoms with Crippen molar-refractivity contribution in [3.8, 4) is 0 Å². The summed E-state index contributed by atoms with van der Waals surface area (Å²) in [5.41, 5.74) is 1.18. The summed E-state index contributed by atoms with van der Waals surface area (Å²) >= 11 is 5.86. The van der Waals surface area contributed by atoms with E-state index in [0.29, 0.717) is 6.54 Å². The molecule has 0 saturated carbocycles. The molecule has 0 spiro atoms. The summed E-state index contributed by atoms with van der Waals surface area (Å²) < 4.78 is 7.27. The molecule has 2 aromatic rings. The number of aryl methyl sites for hydroxylation is 1. The minimum atomic E-state index is -0.258. The topological polar surface area (TPSA) is 44.1 Å². The molecule has 0 saturated heterocycles. The van der Waals surface area contributed by atoms with Crippen LogP contribution in [0.4, 0.5) is 0 Å². The summed E-state index contributed by atoms with van der Waals surface area (Å²) in [7, 11) is 0. The van der Waals surface area contributed by atoms with Gasteiger partial charge in [0.25, 0.3) is 0 Å². The first kappa shape index (κ1) is 14.6. The largest absolute Gasteiger partial charge is 0.461 e. The molecule has 0 radical (unpaired) electrons. The molecule has 20 heavy (non-hydrogen) atoms. The minimum absolute atomic E-state index is 0.155. The van der Waals surface area contributed by atoms with Crippen LogP contribution in [0.1, 0.15) is 18.9 Å². The first-order valence-corrected chi connectivity index (χ1v) is 6.88. The van der Waals surface area contributed by atoms with E-state index in [-0.39, 0.29) is 12.1 Å². The standard InChI is InChI=1S/C15H17ClN2O2/c1-12(19)20-15(10-18-9-8-17-11-18)7-4-13-2-5-14(16)6-3-13/h2-3,5-6,8-9,11,15H,4,7,10H2,1H3. The van der Waals surface area contributed by atoms with Crippen molar-refractivity contribution in [1.29, 1.82) is 0 Å². The van der Waals surface area contributed by atoms with Crippen LogP contribution in [-0.4, -0.2) is 21.6 Å². The first-order valence-electron chi connectivity index (χ1n) is 6.51. The molecule has 1 aromatic heterocycles. The van der Waals surface area contributed by atoms with E-state index < -0.39 is 0 Å². The Morgan fingerprint density at radius 3 is 2.75 bits per heavy atom. The van der Waals surface area contributed by atoms with Crippen molar-refractivity contribution in [2.75, 3.05) is 0 Å². The quantitative estimate of drug-likeness (QED) is 0.769. The number of esters is 1. The predicted octanol–water partition coefficient (Wildman–Crippen LogP) is 3.10. The average molecular weight is 293 g/mol. The molecule has 0 N–H and O–H groups in total. The van der Waals surface area contributed by atoms with E-state index in [2.05, 4.69) is 4.98 Å². The Hall–Kier alpha value is -1.81. The number of aromatic nitrogens is 2. The number of carbonyl (C=O) groups is 1. The number of hydrogen-bond acceptors (Lipinski definition) is 3. The minimum Gasteiger partial charge on any atom is -0.461 e. The second kappa shape index (κ2) is 7.10. The number of carbonyl (C=O) groups excluding carboxylic acids is 1. The molecular formula is C15H17ClN2O2. The van der Waals surface area contributed by atoms with Gasteiger partial charge in [0.05, 0.1) is 12.9 Å². The lowest BCUT2D eigenvalue weighted by Gasteiger charge is -2.17. The Bertz CT molecular complexity index is 538. The van der Waals surface area contributed by atoms with E-state index in [1.165, 1.54) is 12.5 Å². The Morgan fingerprint density at radius 1 is 1.40 bits per heavy atom. The highest BCUT2D eigenvalue weighted by atomic mass is 35.5. The Morgan fingerprint density at radius 2 is 2.15 bits per heavy atom. The van der Waals surface area contributed by atoms with Crippen LogP contribution >= 0.6 is 11.6 Å². The molecule has 0 amide bonds. The maximum atomic E-state index is 11.2. The monoisotopic (exact) mass is 292 g/mol. The van der Waals surface area contributed by atoms with Crippen molar-refractivity contribution in [3.63, 3.8) is 0 Å². The fourth-order valence-electron chi connectivity index (χ4n) is 2.03. The fourth-order valence-corrected chi connectivity index (χ4v) is 2.16. The molecule has 0 aliphatic rings. The van der Waals surface area contributed by atoms with Gasteiger partial charge in [0, 0.05) is 24.3 Å². The second-order valence-electron chi connectivity index (χ2n) is 4.66. The highest BCUT2D eigenvalue weighted by molar-refractivity contribution is 6.30. The lowest BCUT2D eigenvalue weighted by Crippen LogP contribution is -2.22. The van der Waals surface area contributed by atoms with Gasteiger partial charge in [-0.15, -0.1) is 0 Å². The molecule has 5 heteroatoms. The number of benzene rings is 1. The van der Waals surface area contributed by atoms with E-state index in [0.717, 1.165) is 17.9 Å². The van der Waals surface area contributed by atoms with Crippen LogP contribution in [0.3, 0.4) is 0 Å². The highest BCUT2D eigenvalue weighted by Crippen LogP contribution is 2.13. The Balaban J connectivity index is 1.93. The van der Waals surface area contributed by atoms with Gasteiger partial charge in [0.2, 0.25) is 0 Å². The molecule has 0 aliphatic carbocycles. The molecule has 1 atom stereocenters. The SMILES string of the molecule is CC(=O)OC(CCc1ccc(Cl)cc1)Cn1ccnc1. The zero-order valence-electron chi connectivity index (χ0n) is 11.3. The first-order chi connectivity index (χ1) is 9.63. The van der Waals surface area contributed by atoms with E-state index in [4.69, 9.17) is 16.3 Å². The van der Waals surface area contributed by atoms with E-state index in [1.54, 1.807) is 12.5 Å². The number of ether oxygens (including phenoxy) is 1. The maximum absolute atomic E-state index is 11.2. The van der Waals surface area contributed by atoms with Crippen LogP contribution in [0, 0.1) is 0 Å². The van der Waals surface area contributed by atoms with Crippen LogP contribution < -0.4 is 0 Å². The lowest BCUT2D eigenvalue weighted by atomic mass is 10.1. The molecular weight excluding hydrogens is 276 g/mol. The van der Waals surface area contributed by atoms with Crippen LogP contribution in [0.25, 0.3) is 0 Å². The summed E-state index contributed by atoms with van der Waals surface area (Å²) in [4.78, 5) is 15.2. The van der Waals surface area contributed by atoms with Crippen LogP contribution in [0.5, 0.6) is 0 Å². The summed E-state index contributed by atoms with van der Waals surface area (Å²) in [6.07, 6.45) is 6.74. The third kappa shape index (κ3) is 4.70. The van der Waals surface area contributed by atoms with E-state index in [1.807, 2.05) is 35.0 Å². The van der Waals surface area contributed by atoms with Gasteiger partial charge in [-0.2, -0.15) is 0 Å². The number of rotatable bonds is 6. The van der Waals surface area contributed by atoms with E-state index in [9.17, 15) is 4.79 Å². The van der Waals surface area contributed by atoms with Gasteiger partial charge >= 0.3 is 5.97 Å². The van der Waals surface area contributed by atoms with Crippen LogP contribution in [0.2, 0.25) is 5.02 Å². The molecule has 1 aromatic carbocycles. The second-order valence-corrected chi connectivity index (χ2v) is 5.09. The Kier molecular flexibility index (Phi) is 5.18. The normalized spacial score (nSPS) is 12.1. The van der Waals surface area contributed by atoms with Gasteiger partial charge in [-0.25, -0.2) is 4.98 Å². The molecule has 0 bridgehead atoms. The van der Waals surface area contributed by atoms with Gasteiger partial charge in [0.1, 0.15) is 6.10 Å². The molecule has 0 fully saturated rings. The van der Waals surface area contributed by atoms with Crippen molar-refractivity contribution in [2.24, 2.45) is 0 Å². The molecule has 106 valence electrons. The van der Waals surface area contributed by atoms with Gasteiger partial charge < -0.3 is 9.30 Å². The van der Waals surface area contributed by atoms with Crippen LogP contribution in [-0.2, 0) is 22.5 Å². The van der Waals surface area contributed by atoms with Crippen molar-refractivity contribution >= 4 is 17.6 Å². The van der Waals surface area contributed by atoms with Crippen molar-refractivity contribution in [1.82, 2.24) is 9.55 Å². The molecule has 1 unspecified atom stereocenters. The van der Waals surface area contributed by atoms with Crippen LogP contribution in [0.15, 0.2) is 43.0 Å². The fraction of sp³-hybridized carbons (Fsp3) is 0.333. The average Bonchev–Trinajstić information content (AvgIpc) is 2.90.